The van der Waals surface area contributed by atoms with Gasteiger partial charge < -0.3 is 15.8 Å². The number of rotatable bonds is 2. The van der Waals surface area contributed by atoms with Crippen LogP contribution in [0, 0.1) is 0 Å². The minimum atomic E-state index is 0.161. The smallest absolute Gasteiger partial charge is 0.172 e. The quantitative estimate of drug-likeness (QED) is 0.378. The van der Waals surface area contributed by atoms with E-state index < -0.39 is 0 Å². The van der Waals surface area contributed by atoms with E-state index in [2.05, 4.69) is 26.0 Å². The van der Waals surface area contributed by atoms with Crippen LogP contribution in [0.25, 0.3) is 0 Å². The monoisotopic (exact) mass is 283 g/mol. The van der Waals surface area contributed by atoms with Crippen molar-refractivity contribution in [2.75, 3.05) is 18.0 Å². The third-order valence-corrected chi connectivity index (χ3v) is 3.28. The minimum Gasteiger partial charge on any atom is -0.409 e. The van der Waals surface area contributed by atoms with E-state index in [0.29, 0.717) is 0 Å². The van der Waals surface area contributed by atoms with Crippen molar-refractivity contribution in [3.05, 3.63) is 28.2 Å². The fourth-order valence-corrected chi connectivity index (χ4v) is 2.34. The molecule has 0 amide bonds. The number of nitrogens with zero attached hydrogens (tertiary/aromatic N) is 2. The molecule has 1 aromatic carbocycles. The molecule has 4 nitrogen and oxygen atoms in total. The van der Waals surface area contributed by atoms with Crippen molar-refractivity contribution >= 4 is 27.5 Å². The Kier molecular flexibility index (Phi) is 3.33. The van der Waals surface area contributed by atoms with Crippen molar-refractivity contribution in [3.8, 4) is 0 Å². The molecule has 86 valence electrons. The predicted molar refractivity (Wildman–Crippen MR) is 68.1 cm³/mol. The average molecular weight is 284 g/mol. The highest BCUT2D eigenvalue weighted by molar-refractivity contribution is 9.10. The van der Waals surface area contributed by atoms with Crippen molar-refractivity contribution in [2.24, 2.45) is 10.9 Å². The first-order chi connectivity index (χ1) is 7.72. The zero-order valence-electron chi connectivity index (χ0n) is 8.86. The van der Waals surface area contributed by atoms with Crippen LogP contribution in [0.15, 0.2) is 27.8 Å². The van der Waals surface area contributed by atoms with E-state index in [1.54, 1.807) is 0 Å². The molecule has 1 aliphatic rings. The summed E-state index contributed by atoms with van der Waals surface area (Å²) < 4.78 is 1.00. The van der Waals surface area contributed by atoms with Crippen molar-refractivity contribution in [1.29, 1.82) is 0 Å². The summed E-state index contributed by atoms with van der Waals surface area (Å²) in [6.07, 6.45) is 2.39. The highest BCUT2D eigenvalue weighted by atomic mass is 79.9. The van der Waals surface area contributed by atoms with Gasteiger partial charge in [-0.1, -0.05) is 21.1 Å². The second-order valence-corrected chi connectivity index (χ2v) is 4.76. The second kappa shape index (κ2) is 4.74. The number of halogens is 1. The number of nitrogens with two attached hydrogens (primary N) is 1. The van der Waals surface area contributed by atoms with Crippen LogP contribution in [0.4, 0.5) is 5.69 Å². The molecule has 3 N–H and O–H groups in total. The van der Waals surface area contributed by atoms with E-state index in [0.717, 1.165) is 28.8 Å². The molecule has 1 fully saturated rings. The normalized spacial score (nSPS) is 16.8. The van der Waals surface area contributed by atoms with Crippen LogP contribution in [0.5, 0.6) is 0 Å². The van der Waals surface area contributed by atoms with Crippen LogP contribution in [-0.2, 0) is 0 Å². The number of hydrogen-bond donors (Lipinski definition) is 2. The minimum absolute atomic E-state index is 0.161. The molecule has 0 unspecified atom stereocenters. The number of amidine groups is 1. The maximum absolute atomic E-state index is 8.76. The molecule has 0 spiro atoms. The number of anilines is 1. The van der Waals surface area contributed by atoms with Gasteiger partial charge >= 0.3 is 0 Å². The predicted octanol–water partition coefficient (Wildman–Crippen LogP) is 2.14. The molecule has 0 saturated carbocycles. The van der Waals surface area contributed by atoms with Crippen molar-refractivity contribution < 1.29 is 5.21 Å². The lowest BCUT2D eigenvalue weighted by molar-refractivity contribution is 0.318. The molecule has 5 heteroatoms. The summed E-state index contributed by atoms with van der Waals surface area (Å²) in [7, 11) is 0. The van der Waals surface area contributed by atoms with Crippen LogP contribution in [-0.4, -0.2) is 24.1 Å². The summed E-state index contributed by atoms with van der Waals surface area (Å²) in [5, 5.41) is 11.8. The van der Waals surface area contributed by atoms with Crippen LogP contribution < -0.4 is 10.6 Å². The molecule has 0 radical (unpaired) electrons. The van der Waals surface area contributed by atoms with E-state index in [1.807, 2.05) is 18.2 Å². The summed E-state index contributed by atoms with van der Waals surface area (Å²) >= 11 is 3.44. The molecule has 0 aromatic heterocycles. The third kappa shape index (κ3) is 2.14. The van der Waals surface area contributed by atoms with E-state index >= 15 is 0 Å². The molecular weight excluding hydrogens is 270 g/mol. The van der Waals surface area contributed by atoms with E-state index in [9.17, 15) is 0 Å². The standard InChI is InChI=1S/C11H14BrN3O/c12-8-3-4-9(11(13)14-16)10(7-8)15-5-1-2-6-15/h3-4,7,16H,1-2,5-6H2,(H2,13,14). The summed E-state index contributed by atoms with van der Waals surface area (Å²) in [5.74, 6) is 0.161. The summed E-state index contributed by atoms with van der Waals surface area (Å²) in [4.78, 5) is 2.26. The van der Waals surface area contributed by atoms with E-state index in [-0.39, 0.29) is 5.84 Å². The molecule has 2 rings (SSSR count). The maximum atomic E-state index is 8.76. The average Bonchev–Trinajstić information content (AvgIpc) is 2.81. The highest BCUT2D eigenvalue weighted by Crippen LogP contribution is 2.27. The van der Waals surface area contributed by atoms with Gasteiger partial charge in [0.15, 0.2) is 5.84 Å². The maximum Gasteiger partial charge on any atom is 0.172 e. The second-order valence-electron chi connectivity index (χ2n) is 3.84. The first kappa shape index (κ1) is 11.3. The molecule has 1 aromatic rings. The van der Waals surface area contributed by atoms with Crippen LogP contribution in [0.3, 0.4) is 0 Å². The molecule has 16 heavy (non-hydrogen) atoms. The van der Waals surface area contributed by atoms with E-state index in [1.165, 1.54) is 12.8 Å². The zero-order chi connectivity index (χ0) is 11.5. The molecule has 0 atom stereocenters. The molecular formula is C11H14BrN3O. The summed E-state index contributed by atoms with van der Waals surface area (Å²) in [6.45, 7) is 2.06. The molecule has 0 aliphatic carbocycles. The lowest BCUT2D eigenvalue weighted by Gasteiger charge is -2.21. The first-order valence-electron chi connectivity index (χ1n) is 5.25. The van der Waals surface area contributed by atoms with Crippen molar-refractivity contribution in [2.45, 2.75) is 12.8 Å². The summed E-state index contributed by atoms with van der Waals surface area (Å²) in [6, 6.07) is 5.78. The largest absolute Gasteiger partial charge is 0.409 e. The Morgan fingerprint density at radius 2 is 2.06 bits per heavy atom. The van der Waals surface area contributed by atoms with Gasteiger partial charge in [-0.2, -0.15) is 0 Å². The van der Waals surface area contributed by atoms with Gasteiger partial charge in [-0.15, -0.1) is 0 Å². The van der Waals surface area contributed by atoms with Gasteiger partial charge in [0, 0.05) is 28.8 Å². The van der Waals surface area contributed by atoms with Gasteiger partial charge in [0.2, 0.25) is 0 Å². The molecule has 1 heterocycles. The Morgan fingerprint density at radius 1 is 1.38 bits per heavy atom. The Labute approximate surface area is 103 Å². The van der Waals surface area contributed by atoms with Crippen molar-refractivity contribution in [1.82, 2.24) is 0 Å². The van der Waals surface area contributed by atoms with Crippen LogP contribution in [0.1, 0.15) is 18.4 Å². The Hall–Kier alpha value is -1.23. The number of oxime groups is 1. The van der Waals surface area contributed by atoms with Crippen molar-refractivity contribution in [3.63, 3.8) is 0 Å². The SMILES string of the molecule is N/C(=N/O)c1ccc(Br)cc1N1CCCC1. The highest BCUT2D eigenvalue weighted by Gasteiger charge is 2.17. The van der Waals surface area contributed by atoms with Crippen LogP contribution >= 0.6 is 15.9 Å². The first-order valence-corrected chi connectivity index (χ1v) is 6.04. The fourth-order valence-electron chi connectivity index (χ4n) is 1.99. The molecule has 1 saturated heterocycles. The van der Waals surface area contributed by atoms with Gasteiger partial charge in [-0.05, 0) is 31.0 Å². The number of benzene rings is 1. The summed E-state index contributed by atoms with van der Waals surface area (Å²) in [5.41, 5.74) is 7.49. The topological polar surface area (TPSA) is 61.9 Å². The number of hydrogen-bond acceptors (Lipinski definition) is 3. The molecule has 1 aliphatic heterocycles. The zero-order valence-corrected chi connectivity index (χ0v) is 10.4. The Balaban J connectivity index is 2.43. The van der Waals surface area contributed by atoms with E-state index in [4.69, 9.17) is 10.9 Å². The van der Waals surface area contributed by atoms with Gasteiger partial charge in [0.05, 0.1) is 0 Å². The van der Waals surface area contributed by atoms with Gasteiger partial charge in [-0.3, -0.25) is 0 Å². The van der Waals surface area contributed by atoms with Crippen LogP contribution in [0.2, 0.25) is 0 Å². The lowest BCUT2D eigenvalue weighted by Crippen LogP contribution is -2.23. The van der Waals surface area contributed by atoms with Gasteiger partial charge in [0.1, 0.15) is 0 Å². The molecule has 0 bridgehead atoms. The third-order valence-electron chi connectivity index (χ3n) is 2.79. The Bertz CT molecular complexity index is 414. The lowest BCUT2D eigenvalue weighted by atomic mass is 10.1. The van der Waals surface area contributed by atoms with Gasteiger partial charge in [0.25, 0.3) is 0 Å². The fraction of sp³-hybridized carbons (Fsp3) is 0.364. The van der Waals surface area contributed by atoms with Gasteiger partial charge in [-0.25, -0.2) is 0 Å². The Morgan fingerprint density at radius 3 is 2.69 bits per heavy atom.